The highest BCUT2D eigenvalue weighted by Crippen LogP contribution is 2.41. The Morgan fingerprint density at radius 2 is 1.61 bits per heavy atom. The van der Waals surface area contributed by atoms with E-state index in [1.165, 1.54) is 35.6 Å². The number of hydrogen-bond acceptors (Lipinski definition) is 4. The van der Waals surface area contributed by atoms with Crippen molar-refractivity contribution in [1.29, 1.82) is 0 Å². The molecule has 0 aliphatic heterocycles. The normalized spacial score (nSPS) is 12.8. The highest BCUT2D eigenvalue weighted by molar-refractivity contribution is 7.93. The van der Waals surface area contributed by atoms with Gasteiger partial charge in [-0.2, -0.15) is 13.2 Å². The summed E-state index contributed by atoms with van der Waals surface area (Å²) in [4.78, 5) is -0.0921. The van der Waals surface area contributed by atoms with Crippen molar-refractivity contribution in [2.75, 3.05) is 4.31 Å². The second-order valence-corrected chi connectivity index (χ2v) is 11.8. The molecule has 0 atom stereocenters. The summed E-state index contributed by atoms with van der Waals surface area (Å²) in [5.74, 6) is -1.43. The van der Waals surface area contributed by atoms with E-state index in [4.69, 9.17) is 0 Å². The van der Waals surface area contributed by atoms with Gasteiger partial charge in [0, 0.05) is 4.70 Å². The molecule has 1 N–H and O–H groups in total. The maximum absolute atomic E-state index is 13.9. The average molecular weight is 538 g/mol. The van der Waals surface area contributed by atoms with E-state index in [-0.39, 0.29) is 10.5 Å². The number of benzene rings is 3. The quantitative estimate of drug-likeness (QED) is 0.270. The van der Waals surface area contributed by atoms with Gasteiger partial charge in [-0.15, -0.1) is 11.3 Å². The minimum atomic E-state index is -4.93. The largest absolute Gasteiger partial charge is 0.419 e. The molecule has 36 heavy (non-hydrogen) atoms. The minimum Gasteiger partial charge on any atom is -0.386 e. The maximum atomic E-state index is 13.9. The zero-order chi connectivity index (χ0) is 26.5. The summed E-state index contributed by atoms with van der Waals surface area (Å²) in [5.41, 5.74) is -1.51. The number of rotatable bonds is 6. The van der Waals surface area contributed by atoms with Gasteiger partial charge in [0.2, 0.25) is 0 Å². The molecule has 4 nitrogen and oxygen atoms in total. The molecule has 4 rings (SSSR count). The van der Waals surface area contributed by atoms with Gasteiger partial charge in [-0.25, -0.2) is 12.8 Å². The van der Waals surface area contributed by atoms with Crippen molar-refractivity contribution in [2.45, 2.75) is 44.0 Å². The van der Waals surface area contributed by atoms with Gasteiger partial charge in [-0.1, -0.05) is 36.4 Å². The Morgan fingerprint density at radius 1 is 0.972 bits per heavy atom. The molecule has 3 aromatic carbocycles. The van der Waals surface area contributed by atoms with E-state index in [1.54, 1.807) is 20.8 Å². The van der Waals surface area contributed by atoms with Crippen LogP contribution in [0, 0.1) is 12.7 Å². The fourth-order valence-electron chi connectivity index (χ4n) is 3.88. The fourth-order valence-corrected chi connectivity index (χ4v) is 6.81. The molecule has 0 aliphatic carbocycles. The monoisotopic (exact) mass is 537 g/mol. The molecule has 1 aromatic heterocycles. The fraction of sp³-hybridized carbons (Fsp3) is 0.231. The first-order chi connectivity index (χ1) is 16.7. The number of fused-ring (bicyclic) bond motifs is 1. The van der Waals surface area contributed by atoms with Gasteiger partial charge in [-0.3, -0.25) is 4.31 Å². The SMILES string of the molecule is Cc1c(N(Cc2ccc(F)c(C(F)(F)F)c2)S(=O)(=O)c2ccc(C(C)(C)O)cc2)sc2ccccc12. The predicted molar refractivity (Wildman–Crippen MR) is 133 cm³/mol. The van der Waals surface area contributed by atoms with E-state index in [2.05, 4.69) is 0 Å². The molecule has 190 valence electrons. The van der Waals surface area contributed by atoms with Crippen molar-refractivity contribution in [3.05, 3.63) is 94.8 Å². The van der Waals surface area contributed by atoms with Crippen LogP contribution in [0.4, 0.5) is 22.6 Å². The van der Waals surface area contributed by atoms with Crippen molar-refractivity contribution >= 4 is 36.4 Å². The Labute approximate surface area is 210 Å². The standard InChI is InChI=1S/C26H23F4NO3S2/c1-16-20-6-4-5-7-23(20)35-24(16)31(15-17-8-13-22(27)21(14-17)26(28,29)30)36(33,34)19-11-9-18(10-12-19)25(2,3)32/h4-14,32H,15H2,1-3H3. The van der Waals surface area contributed by atoms with Crippen molar-refractivity contribution in [2.24, 2.45) is 0 Å². The van der Waals surface area contributed by atoms with Gasteiger partial charge in [0.05, 0.1) is 22.6 Å². The number of anilines is 1. The topological polar surface area (TPSA) is 57.6 Å². The van der Waals surface area contributed by atoms with E-state index >= 15 is 0 Å². The first-order valence-corrected chi connectivity index (χ1v) is 13.1. The van der Waals surface area contributed by atoms with Crippen LogP contribution in [0.25, 0.3) is 10.1 Å². The number of aliphatic hydroxyl groups is 1. The summed E-state index contributed by atoms with van der Waals surface area (Å²) in [6, 6.07) is 15.5. The van der Waals surface area contributed by atoms with Crippen molar-refractivity contribution < 1.29 is 31.1 Å². The van der Waals surface area contributed by atoms with Crippen LogP contribution < -0.4 is 4.31 Å². The van der Waals surface area contributed by atoms with Crippen molar-refractivity contribution in [3.63, 3.8) is 0 Å². The number of alkyl halides is 3. The van der Waals surface area contributed by atoms with Gasteiger partial charge in [-0.05, 0) is 73.2 Å². The molecule has 10 heteroatoms. The maximum Gasteiger partial charge on any atom is 0.419 e. The summed E-state index contributed by atoms with van der Waals surface area (Å²) >= 11 is 1.20. The molecular weight excluding hydrogens is 514 g/mol. The van der Waals surface area contributed by atoms with Crippen LogP contribution in [0.15, 0.2) is 71.6 Å². The molecule has 0 saturated heterocycles. The summed E-state index contributed by atoms with van der Waals surface area (Å²) < 4.78 is 83.5. The van der Waals surface area contributed by atoms with Crippen molar-refractivity contribution in [1.82, 2.24) is 0 Å². The average Bonchev–Trinajstić information content (AvgIpc) is 3.13. The van der Waals surface area contributed by atoms with Crippen LogP contribution in [0.5, 0.6) is 0 Å². The summed E-state index contributed by atoms with van der Waals surface area (Å²) in [5, 5.41) is 11.4. The molecule has 0 aliphatic rings. The van der Waals surface area contributed by atoms with Crippen LogP contribution in [-0.4, -0.2) is 13.5 Å². The molecule has 0 radical (unpaired) electrons. The third-order valence-electron chi connectivity index (χ3n) is 5.86. The van der Waals surface area contributed by atoms with E-state index in [1.807, 2.05) is 24.3 Å². The third-order valence-corrected chi connectivity index (χ3v) is 9.03. The highest BCUT2D eigenvalue weighted by Gasteiger charge is 2.35. The zero-order valence-electron chi connectivity index (χ0n) is 19.6. The van der Waals surface area contributed by atoms with Gasteiger partial charge in [0.15, 0.2) is 0 Å². The molecule has 0 amide bonds. The Kier molecular flexibility index (Phi) is 6.65. The van der Waals surface area contributed by atoms with Gasteiger partial charge in [0.25, 0.3) is 10.0 Å². The van der Waals surface area contributed by atoms with E-state index < -0.39 is 39.7 Å². The number of nitrogens with zero attached hydrogens (tertiary/aromatic N) is 1. The lowest BCUT2D eigenvalue weighted by molar-refractivity contribution is -0.140. The van der Waals surface area contributed by atoms with Crippen LogP contribution in [0.1, 0.15) is 36.1 Å². The van der Waals surface area contributed by atoms with Gasteiger partial charge in [0.1, 0.15) is 10.8 Å². The van der Waals surface area contributed by atoms with Gasteiger partial charge < -0.3 is 5.11 Å². The Bertz CT molecular complexity index is 1520. The number of sulfonamides is 1. The number of aryl methyl sites for hydroxylation is 1. The van der Waals surface area contributed by atoms with Crippen LogP contribution in [0.3, 0.4) is 0 Å². The second-order valence-electron chi connectivity index (χ2n) is 8.94. The molecule has 0 fully saturated rings. The van der Waals surface area contributed by atoms with Crippen LogP contribution >= 0.6 is 11.3 Å². The number of thiophene rings is 1. The number of hydrogen-bond donors (Lipinski definition) is 1. The van der Waals surface area contributed by atoms with Crippen LogP contribution in [0.2, 0.25) is 0 Å². The van der Waals surface area contributed by atoms with E-state index in [0.29, 0.717) is 28.3 Å². The Hall–Kier alpha value is -2.95. The molecule has 1 heterocycles. The van der Waals surface area contributed by atoms with Crippen LogP contribution in [-0.2, 0) is 28.3 Å². The second kappa shape index (κ2) is 9.17. The van der Waals surface area contributed by atoms with Gasteiger partial charge >= 0.3 is 6.18 Å². The zero-order valence-corrected chi connectivity index (χ0v) is 21.2. The first kappa shape index (κ1) is 26.1. The molecular formula is C26H23F4NO3S2. The smallest absolute Gasteiger partial charge is 0.386 e. The number of halogens is 4. The third kappa shape index (κ3) is 4.98. The molecule has 0 unspecified atom stereocenters. The lowest BCUT2D eigenvalue weighted by atomic mass is 9.99. The lowest BCUT2D eigenvalue weighted by Gasteiger charge is -2.25. The molecule has 0 spiro atoms. The summed E-state index contributed by atoms with van der Waals surface area (Å²) in [6.45, 7) is 4.44. The lowest BCUT2D eigenvalue weighted by Crippen LogP contribution is -2.30. The Morgan fingerprint density at radius 3 is 2.19 bits per heavy atom. The molecule has 4 aromatic rings. The Balaban J connectivity index is 1.87. The minimum absolute atomic E-state index is 0.0164. The summed E-state index contributed by atoms with van der Waals surface area (Å²) in [6.07, 6.45) is -4.93. The van der Waals surface area contributed by atoms with E-state index in [0.717, 1.165) is 20.5 Å². The van der Waals surface area contributed by atoms with E-state index in [9.17, 15) is 31.1 Å². The predicted octanol–water partition coefficient (Wildman–Crippen LogP) is 6.99. The molecule has 0 saturated carbocycles. The first-order valence-electron chi connectivity index (χ1n) is 10.9. The summed E-state index contributed by atoms with van der Waals surface area (Å²) in [7, 11) is -4.26. The highest BCUT2D eigenvalue weighted by atomic mass is 32.2. The van der Waals surface area contributed by atoms with Crippen molar-refractivity contribution in [3.8, 4) is 0 Å². The molecule has 0 bridgehead atoms.